The quantitative estimate of drug-likeness (QED) is 0.765. The summed E-state index contributed by atoms with van der Waals surface area (Å²) in [7, 11) is 1.70. The molecule has 0 bridgehead atoms. The van der Waals surface area contributed by atoms with Crippen LogP contribution in [-0.4, -0.2) is 48.4 Å². The van der Waals surface area contributed by atoms with Gasteiger partial charge in [-0.15, -0.1) is 11.3 Å². The fraction of sp³-hybridized carbons (Fsp3) is 0.750. The maximum Gasteiger partial charge on any atom is 0.0959 e. The SMILES string of the molecule is COCCN(CCO)Cc1cnc(C2CC2)s1. The summed E-state index contributed by atoms with van der Waals surface area (Å²) in [6.45, 7) is 3.31. The van der Waals surface area contributed by atoms with E-state index in [-0.39, 0.29) is 6.61 Å². The van der Waals surface area contributed by atoms with Crippen molar-refractivity contribution in [3.63, 3.8) is 0 Å². The highest BCUT2D eigenvalue weighted by Gasteiger charge is 2.26. The zero-order valence-electron chi connectivity index (χ0n) is 10.3. The largest absolute Gasteiger partial charge is 0.395 e. The Kier molecular flexibility index (Phi) is 4.91. The molecule has 96 valence electrons. The van der Waals surface area contributed by atoms with Gasteiger partial charge in [0.2, 0.25) is 0 Å². The molecule has 0 amide bonds. The molecule has 0 spiro atoms. The predicted molar refractivity (Wildman–Crippen MR) is 68.3 cm³/mol. The zero-order chi connectivity index (χ0) is 12.1. The molecule has 0 atom stereocenters. The number of rotatable bonds is 8. The van der Waals surface area contributed by atoms with E-state index in [0.717, 1.165) is 19.0 Å². The summed E-state index contributed by atoms with van der Waals surface area (Å²) in [6, 6.07) is 0. The number of aliphatic hydroxyl groups excluding tert-OH is 1. The van der Waals surface area contributed by atoms with Crippen LogP contribution in [0.25, 0.3) is 0 Å². The molecule has 1 N–H and O–H groups in total. The van der Waals surface area contributed by atoms with Crippen molar-refractivity contribution in [1.82, 2.24) is 9.88 Å². The fourth-order valence-electron chi connectivity index (χ4n) is 1.77. The molecular formula is C12H20N2O2S. The van der Waals surface area contributed by atoms with Crippen molar-refractivity contribution in [2.75, 3.05) is 33.4 Å². The number of aromatic nitrogens is 1. The predicted octanol–water partition coefficient (Wildman–Crippen LogP) is 1.46. The molecule has 5 heteroatoms. The van der Waals surface area contributed by atoms with Crippen LogP contribution in [-0.2, 0) is 11.3 Å². The van der Waals surface area contributed by atoms with Crippen LogP contribution in [0, 0.1) is 0 Å². The van der Waals surface area contributed by atoms with Crippen molar-refractivity contribution >= 4 is 11.3 Å². The van der Waals surface area contributed by atoms with Crippen LogP contribution in [0.15, 0.2) is 6.20 Å². The van der Waals surface area contributed by atoms with E-state index >= 15 is 0 Å². The van der Waals surface area contributed by atoms with E-state index in [1.54, 1.807) is 7.11 Å². The second-order valence-electron chi connectivity index (χ2n) is 4.43. The standard InChI is InChI=1S/C12H20N2O2S/c1-16-7-5-14(4-6-15)9-11-8-13-12(17-11)10-2-3-10/h8,10,15H,2-7,9H2,1H3. The molecule has 0 aliphatic heterocycles. The number of methoxy groups -OCH3 is 1. The number of ether oxygens (including phenoxy) is 1. The summed E-state index contributed by atoms with van der Waals surface area (Å²) >= 11 is 1.82. The van der Waals surface area contributed by atoms with Crippen molar-refractivity contribution in [2.24, 2.45) is 0 Å². The van der Waals surface area contributed by atoms with E-state index in [1.165, 1.54) is 22.7 Å². The minimum absolute atomic E-state index is 0.192. The smallest absolute Gasteiger partial charge is 0.0959 e. The molecule has 1 saturated carbocycles. The Hall–Kier alpha value is -0.490. The molecule has 1 aromatic rings. The highest BCUT2D eigenvalue weighted by molar-refractivity contribution is 7.11. The van der Waals surface area contributed by atoms with Crippen LogP contribution in [0.3, 0.4) is 0 Å². The third kappa shape index (κ3) is 4.03. The van der Waals surface area contributed by atoms with Gasteiger partial charge in [-0.25, -0.2) is 4.98 Å². The number of hydrogen-bond acceptors (Lipinski definition) is 5. The molecule has 1 aliphatic rings. The van der Waals surface area contributed by atoms with Gasteiger partial charge in [0.25, 0.3) is 0 Å². The van der Waals surface area contributed by atoms with Gasteiger partial charge in [0.1, 0.15) is 0 Å². The first kappa shape index (κ1) is 13.0. The molecule has 0 radical (unpaired) electrons. The highest BCUT2D eigenvalue weighted by atomic mass is 32.1. The molecule has 1 aromatic heterocycles. The average molecular weight is 256 g/mol. The molecule has 0 saturated heterocycles. The Morgan fingerprint density at radius 1 is 1.53 bits per heavy atom. The monoisotopic (exact) mass is 256 g/mol. The molecule has 4 nitrogen and oxygen atoms in total. The van der Waals surface area contributed by atoms with E-state index in [2.05, 4.69) is 9.88 Å². The Bertz CT molecular complexity index is 339. The van der Waals surface area contributed by atoms with Crippen molar-refractivity contribution in [2.45, 2.75) is 25.3 Å². The summed E-state index contributed by atoms with van der Waals surface area (Å²) in [6.07, 6.45) is 4.59. The van der Waals surface area contributed by atoms with Crippen molar-refractivity contribution < 1.29 is 9.84 Å². The first-order chi connectivity index (χ1) is 8.33. The lowest BCUT2D eigenvalue weighted by atomic mass is 10.4. The molecule has 17 heavy (non-hydrogen) atoms. The molecule has 1 aliphatic carbocycles. The lowest BCUT2D eigenvalue weighted by Gasteiger charge is -2.19. The molecule has 0 aromatic carbocycles. The third-order valence-corrected chi connectivity index (χ3v) is 4.05. The molecular weight excluding hydrogens is 236 g/mol. The second-order valence-corrected chi connectivity index (χ2v) is 5.58. The third-order valence-electron chi connectivity index (χ3n) is 2.91. The lowest BCUT2D eigenvalue weighted by Crippen LogP contribution is -2.29. The minimum atomic E-state index is 0.192. The van der Waals surface area contributed by atoms with Crippen LogP contribution in [0.5, 0.6) is 0 Å². The molecule has 1 fully saturated rings. The van der Waals surface area contributed by atoms with Gasteiger partial charge < -0.3 is 9.84 Å². The van der Waals surface area contributed by atoms with Crippen LogP contribution in [0.4, 0.5) is 0 Å². The van der Waals surface area contributed by atoms with Crippen molar-refractivity contribution in [3.05, 3.63) is 16.1 Å². The van der Waals surface area contributed by atoms with E-state index in [1.807, 2.05) is 17.5 Å². The summed E-state index contributed by atoms with van der Waals surface area (Å²) < 4.78 is 5.07. The lowest BCUT2D eigenvalue weighted by molar-refractivity contribution is 0.127. The van der Waals surface area contributed by atoms with Gasteiger partial charge in [-0.2, -0.15) is 0 Å². The van der Waals surface area contributed by atoms with Crippen molar-refractivity contribution in [3.8, 4) is 0 Å². The maximum atomic E-state index is 9.02. The van der Waals surface area contributed by atoms with Gasteiger partial charge >= 0.3 is 0 Å². The van der Waals surface area contributed by atoms with Gasteiger partial charge in [0, 0.05) is 43.7 Å². The number of hydrogen-bond donors (Lipinski definition) is 1. The van der Waals surface area contributed by atoms with Crippen LogP contribution < -0.4 is 0 Å². The van der Waals surface area contributed by atoms with Crippen molar-refractivity contribution in [1.29, 1.82) is 0 Å². The Balaban J connectivity index is 1.85. The molecule has 2 rings (SSSR count). The normalized spacial score (nSPS) is 15.7. The first-order valence-electron chi connectivity index (χ1n) is 6.10. The molecule has 1 heterocycles. The Morgan fingerprint density at radius 2 is 2.35 bits per heavy atom. The summed E-state index contributed by atoms with van der Waals surface area (Å²) in [5.41, 5.74) is 0. The number of nitrogens with zero attached hydrogens (tertiary/aromatic N) is 2. The number of aliphatic hydroxyl groups is 1. The Labute approximate surface area is 106 Å². The average Bonchev–Trinajstić information content (AvgIpc) is 3.08. The zero-order valence-corrected chi connectivity index (χ0v) is 11.1. The first-order valence-corrected chi connectivity index (χ1v) is 6.92. The highest BCUT2D eigenvalue weighted by Crippen LogP contribution is 2.41. The van der Waals surface area contributed by atoms with Gasteiger partial charge in [-0.3, -0.25) is 4.90 Å². The van der Waals surface area contributed by atoms with Crippen LogP contribution in [0.2, 0.25) is 0 Å². The van der Waals surface area contributed by atoms with Gasteiger partial charge in [0.15, 0.2) is 0 Å². The molecule has 0 unspecified atom stereocenters. The summed E-state index contributed by atoms with van der Waals surface area (Å²) in [4.78, 5) is 7.96. The number of thiazole rings is 1. The Morgan fingerprint density at radius 3 is 3.00 bits per heavy atom. The van der Waals surface area contributed by atoms with Gasteiger partial charge in [-0.05, 0) is 12.8 Å². The maximum absolute atomic E-state index is 9.02. The van der Waals surface area contributed by atoms with Gasteiger partial charge in [-0.1, -0.05) is 0 Å². The van der Waals surface area contributed by atoms with Crippen LogP contribution >= 0.6 is 11.3 Å². The fourth-order valence-corrected chi connectivity index (χ4v) is 2.90. The van der Waals surface area contributed by atoms with Gasteiger partial charge in [0.05, 0.1) is 18.2 Å². The summed E-state index contributed by atoms with van der Waals surface area (Å²) in [5, 5.41) is 10.3. The van der Waals surface area contributed by atoms with E-state index < -0.39 is 0 Å². The van der Waals surface area contributed by atoms with E-state index in [9.17, 15) is 0 Å². The topological polar surface area (TPSA) is 45.6 Å². The second kappa shape index (κ2) is 6.44. The van der Waals surface area contributed by atoms with Crippen LogP contribution in [0.1, 0.15) is 28.6 Å². The minimum Gasteiger partial charge on any atom is -0.395 e. The summed E-state index contributed by atoms with van der Waals surface area (Å²) in [5.74, 6) is 0.735. The van der Waals surface area contributed by atoms with E-state index in [4.69, 9.17) is 9.84 Å². The van der Waals surface area contributed by atoms with E-state index in [0.29, 0.717) is 13.2 Å².